The summed E-state index contributed by atoms with van der Waals surface area (Å²) in [6.07, 6.45) is 2.80. The minimum absolute atomic E-state index is 0.0840. The lowest BCUT2D eigenvalue weighted by Gasteiger charge is -2.24. The van der Waals surface area contributed by atoms with Crippen LogP contribution in [0, 0.1) is 13.8 Å². The third-order valence-electron chi connectivity index (χ3n) is 4.09. The second-order valence-corrected chi connectivity index (χ2v) is 6.13. The minimum Gasteiger partial charge on any atom is -0.385 e. The van der Waals surface area contributed by atoms with Crippen LogP contribution < -0.4 is 5.32 Å². The van der Waals surface area contributed by atoms with Gasteiger partial charge in [-0.05, 0) is 44.0 Å². The number of aryl methyl sites for hydroxylation is 3. The summed E-state index contributed by atoms with van der Waals surface area (Å²) in [5, 5.41) is 3.03. The summed E-state index contributed by atoms with van der Waals surface area (Å²) >= 11 is 0. The number of nitrogens with zero attached hydrogens (tertiary/aromatic N) is 2. The molecule has 24 heavy (non-hydrogen) atoms. The molecular formula is C19H27N3O2. The molecule has 0 radical (unpaired) electrons. The highest BCUT2D eigenvalue weighted by atomic mass is 16.5. The van der Waals surface area contributed by atoms with E-state index in [-0.39, 0.29) is 6.03 Å². The maximum absolute atomic E-state index is 12.7. The van der Waals surface area contributed by atoms with E-state index in [2.05, 4.69) is 11.4 Å². The van der Waals surface area contributed by atoms with Crippen LogP contribution in [0.1, 0.15) is 23.2 Å². The van der Waals surface area contributed by atoms with Gasteiger partial charge in [0.15, 0.2) is 0 Å². The second-order valence-electron chi connectivity index (χ2n) is 6.13. The minimum atomic E-state index is -0.0840. The normalized spacial score (nSPS) is 10.7. The van der Waals surface area contributed by atoms with E-state index in [1.54, 1.807) is 7.11 Å². The number of methoxy groups -OCH3 is 1. The number of anilines is 1. The van der Waals surface area contributed by atoms with Crippen molar-refractivity contribution in [3.8, 4) is 0 Å². The van der Waals surface area contributed by atoms with Gasteiger partial charge in [-0.3, -0.25) is 0 Å². The van der Waals surface area contributed by atoms with Gasteiger partial charge >= 0.3 is 6.03 Å². The first-order valence-corrected chi connectivity index (χ1v) is 8.23. The molecule has 0 fully saturated rings. The molecule has 5 nitrogen and oxygen atoms in total. The highest BCUT2D eigenvalue weighted by Gasteiger charge is 2.16. The van der Waals surface area contributed by atoms with E-state index < -0.39 is 0 Å². The van der Waals surface area contributed by atoms with E-state index in [0.29, 0.717) is 19.7 Å². The van der Waals surface area contributed by atoms with Crippen molar-refractivity contribution in [2.45, 2.75) is 26.8 Å². The van der Waals surface area contributed by atoms with Gasteiger partial charge in [-0.25, -0.2) is 4.79 Å². The van der Waals surface area contributed by atoms with Gasteiger partial charge in [-0.15, -0.1) is 0 Å². The number of rotatable bonds is 7. The third kappa shape index (κ3) is 4.86. The Balaban J connectivity index is 2.09. The predicted molar refractivity (Wildman–Crippen MR) is 97.3 cm³/mol. The zero-order valence-electron chi connectivity index (χ0n) is 15.0. The summed E-state index contributed by atoms with van der Waals surface area (Å²) in [6.45, 7) is 5.92. The lowest BCUT2D eigenvalue weighted by molar-refractivity contribution is 0.171. The number of ether oxygens (including phenoxy) is 1. The molecule has 130 valence electrons. The molecule has 0 aliphatic rings. The Morgan fingerprint density at radius 3 is 2.71 bits per heavy atom. The van der Waals surface area contributed by atoms with Crippen LogP contribution in [-0.2, 0) is 18.3 Å². The summed E-state index contributed by atoms with van der Waals surface area (Å²) in [4.78, 5) is 14.6. The zero-order valence-corrected chi connectivity index (χ0v) is 15.0. The van der Waals surface area contributed by atoms with Gasteiger partial charge in [0, 0.05) is 44.9 Å². The Kier molecular flexibility index (Phi) is 6.44. The predicted octanol–water partition coefficient (Wildman–Crippen LogP) is 3.71. The molecule has 0 atom stereocenters. The number of aromatic nitrogens is 1. The first-order chi connectivity index (χ1) is 11.5. The van der Waals surface area contributed by atoms with Crippen molar-refractivity contribution in [2.75, 3.05) is 25.6 Å². The summed E-state index contributed by atoms with van der Waals surface area (Å²) in [5.41, 5.74) is 4.21. The van der Waals surface area contributed by atoms with Crippen LogP contribution in [0.2, 0.25) is 0 Å². The van der Waals surface area contributed by atoms with Crippen LogP contribution in [0.15, 0.2) is 36.5 Å². The molecule has 0 unspecified atom stereocenters. The number of carbonyl (C=O) groups excluding carboxylic acids is 1. The molecule has 0 aliphatic heterocycles. The van der Waals surface area contributed by atoms with E-state index in [9.17, 15) is 4.79 Å². The maximum Gasteiger partial charge on any atom is 0.322 e. The molecule has 1 heterocycles. The molecular weight excluding hydrogens is 302 g/mol. The van der Waals surface area contributed by atoms with Crippen LogP contribution in [-0.4, -0.2) is 35.8 Å². The van der Waals surface area contributed by atoms with Crippen molar-refractivity contribution in [3.05, 3.63) is 53.3 Å². The molecule has 5 heteroatoms. The third-order valence-corrected chi connectivity index (χ3v) is 4.09. The summed E-state index contributed by atoms with van der Waals surface area (Å²) in [5.74, 6) is 0. The monoisotopic (exact) mass is 329 g/mol. The smallest absolute Gasteiger partial charge is 0.322 e. The number of urea groups is 1. The van der Waals surface area contributed by atoms with Crippen molar-refractivity contribution >= 4 is 11.7 Å². The van der Waals surface area contributed by atoms with Crippen molar-refractivity contribution in [1.29, 1.82) is 0 Å². The topological polar surface area (TPSA) is 46.5 Å². The molecule has 2 aromatic rings. The standard InChI is InChI=1S/C19H27N3O2/c1-15-8-9-18(16(2)13-15)20-19(23)22(11-6-12-24-4)14-17-7-5-10-21(17)3/h5,7-10,13H,6,11-12,14H2,1-4H3,(H,20,23). The van der Waals surface area contributed by atoms with Gasteiger partial charge in [-0.2, -0.15) is 0 Å². The van der Waals surface area contributed by atoms with Crippen molar-refractivity contribution in [3.63, 3.8) is 0 Å². The van der Waals surface area contributed by atoms with Gasteiger partial charge in [0.05, 0.1) is 6.54 Å². The van der Waals surface area contributed by atoms with E-state index in [0.717, 1.165) is 23.4 Å². The number of carbonyl (C=O) groups is 1. The van der Waals surface area contributed by atoms with E-state index in [4.69, 9.17) is 4.74 Å². The van der Waals surface area contributed by atoms with Crippen LogP contribution in [0.25, 0.3) is 0 Å². The molecule has 0 saturated heterocycles. The lowest BCUT2D eigenvalue weighted by Crippen LogP contribution is -2.36. The molecule has 1 aromatic carbocycles. The van der Waals surface area contributed by atoms with Crippen LogP contribution in [0.3, 0.4) is 0 Å². The number of benzene rings is 1. The SMILES string of the molecule is COCCCN(Cc1cccn1C)C(=O)Nc1ccc(C)cc1C. The first kappa shape index (κ1) is 18.1. The Labute approximate surface area is 144 Å². The quantitative estimate of drug-likeness (QED) is 0.787. The van der Waals surface area contributed by atoms with Crippen LogP contribution in [0.5, 0.6) is 0 Å². The van der Waals surface area contributed by atoms with E-state index >= 15 is 0 Å². The molecule has 1 N–H and O–H groups in total. The summed E-state index contributed by atoms with van der Waals surface area (Å²) in [6, 6.07) is 9.98. The maximum atomic E-state index is 12.7. The number of hydrogen-bond acceptors (Lipinski definition) is 2. The van der Waals surface area contributed by atoms with Crippen molar-refractivity contribution in [2.24, 2.45) is 7.05 Å². The fraction of sp³-hybridized carbons (Fsp3) is 0.421. The van der Waals surface area contributed by atoms with Crippen molar-refractivity contribution in [1.82, 2.24) is 9.47 Å². The number of hydrogen-bond donors (Lipinski definition) is 1. The molecule has 1 aromatic heterocycles. The molecule has 2 rings (SSSR count). The second kappa shape index (κ2) is 8.55. The van der Waals surface area contributed by atoms with Gasteiger partial charge < -0.3 is 19.5 Å². The molecule has 0 aliphatic carbocycles. The van der Waals surface area contributed by atoms with Crippen LogP contribution >= 0.6 is 0 Å². The average molecular weight is 329 g/mol. The Morgan fingerprint density at radius 2 is 2.08 bits per heavy atom. The van der Waals surface area contributed by atoms with Crippen LogP contribution in [0.4, 0.5) is 10.5 Å². The Morgan fingerprint density at radius 1 is 1.29 bits per heavy atom. The van der Waals surface area contributed by atoms with Gasteiger partial charge in [0.25, 0.3) is 0 Å². The average Bonchev–Trinajstić information content (AvgIpc) is 2.94. The summed E-state index contributed by atoms with van der Waals surface area (Å²) < 4.78 is 7.15. The number of nitrogens with one attached hydrogen (secondary N) is 1. The molecule has 0 bridgehead atoms. The fourth-order valence-corrected chi connectivity index (χ4v) is 2.66. The molecule has 0 spiro atoms. The van der Waals surface area contributed by atoms with E-state index in [1.807, 2.05) is 60.8 Å². The zero-order chi connectivity index (χ0) is 17.5. The lowest BCUT2D eigenvalue weighted by atomic mass is 10.1. The summed E-state index contributed by atoms with van der Waals surface area (Å²) in [7, 11) is 3.67. The highest BCUT2D eigenvalue weighted by molar-refractivity contribution is 5.90. The highest BCUT2D eigenvalue weighted by Crippen LogP contribution is 2.17. The largest absolute Gasteiger partial charge is 0.385 e. The van der Waals surface area contributed by atoms with E-state index in [1.165, 1.54) is 5.56 Å². The first-order valence-electron chi connectivity index (χ1n) is 8.23. The molecule has 2 amide bonds. The Bertz CT molecular complexity index is 679. The number of amides is 2. The van der Waals surface area contributed by atoms with Gasteiger partial charge in [0.2, 0.25) is 0 Å². The Hall–Kier alpha value is -2.27. The van der Waals surface area contributed by atoms with Gasteiger partial charge in [0.1, 0.15) is 0 Å². The van der Waals surface area contributed by atoms with Crippen molar-refractivity contribution < 1.29 is 9.53 Å². The van der Waals surface area contributed by atoms with Gasteiger partial charge in [-0.1, -0.05) is 17.7 Å². The fourth-order valence-electron chi connectivity index (χ4n) is 2.66. The molecule has 0 saturated carbocycles.